The summed E-state index contributed by atoms with van der Waals surface area (Å²) in [6, 6.07) is 1.49. The number of piperidine rings is 1. The predicted octanol–water partition coefficient (Wildman–Crippen LogP) is -0.0107. The van der Waals surface area contributed by atoms with E-state index in [0.29, 0.717) is 5.92 Å². The lowest BCUT2D eigenvalue weighted by atomic mass is 9.64. The topological polar surface area (TPSA) is 90.4 Å². The Morgan fingerprint density at radius 3 is 2.78 bits per heavy atom. The van der Waals surface area contributed by atoms with E-state index in [1.165, 1.54) is 0 Å². The first-order valence-electron chi connectivity index (χ1n) is 6.71. The van der Waals surface area contributed by atoms with Crippen LogP contribution in [0.1, 0.15) is 32.1 Å². The molecule has 0 radical (unpaired) electrons. The molecule has 2 unspecified atom stereocenters. The zero-order valence-corrected chi connectivity index (χ0v) is 10.4. The van der Waals surface area contributed by atoms with Crippen molar-refractivity contribution in [3.8, 4) is 6.07 Å². The van der Waals surface area contributed by atoms with E-state index in [1.54, 1.807) is 4.90 Å². The Hall–Kier alpha value is -1.12. The minimum Gasteiger partial charge on any atom is -0.396 e. The van der Waals surface area contributed by atoms with Crippen molar-refractivity contribution in [2.75, 3.05) is 6.61 Å². The first kappa shape index (κ1) is 11.9. The van der Waals surface area contributed by atoms with E-state index in [0.717, 1.165) is 32.1 Å². The molecular weight excluding hydrogens is 230 g/mol. The van der Waals surface area contributed by atoms with Gasteiger partial charge in [0, 0.05) is 11.5 Å². The summed E-state index contributed by atoms with van der Waals surface area (Å²) in [6.07, 6.45) is 4.47. The van der Waals surface area contributed by atoms with Gasteiger partial charge >= 0.3 is 0 Å². The summed E-state index contributed by atoms with van der Waals surface area (Å²) in [5, 5.41) is 18.6. The number of nitrogens with two attached hydrogens (primary N) is 1. The summed E-state index contributed by atoms with van der Waals surface area (Å²) in [4.78, 5) is 14.2. The predicted molar refractivity (Wildman–Crippen MR) is 64.1 cm³/mol. The minimum atomic E-state index is -0.647. The van der Waals surface area contributed by atoms with Crippen LogP contribution in [-0.4, -0.2) is 40.6 Å². The molecule has 3 aliphatic rings. The second-order valence-corrected chi connectivity index (χ2v) is 6.04. The highest BCUT2D eigenvalue weighted by atomic mass is 16.3. The lowest BCUT2D eigenvalue weighted by Gasteiger charge is -2.45. The van der Waals surface area contributed by atoms with Gasteiger partial charge in [0.2, 0.25) is 5.91 Å². The average Bonchev–Trinajstić information content (AvgIpc) is 2.99. The molecule has 3 rings (SSSR count). The van der Waals surface area contributed by atoms with E-state index in [-0.39, 0.29) is 24.6 Å². The van der Waals surface area contributed by atoms with Crippen LogP contribution in [0.25, 0.3) is 0 Å². The van der Waals surface area contributed by atoms with Crippen LogP contribution in [0.5, 0.6) is 0 Å². The van der Waals surface area contributed by atoms with Crippen LogP contribution in [0.3, 0.4) is 0 Å². The normalized spacial score (nSPS) is 37.4. The van der Waals surface area contributed by atoms with E-state index in [4.69, 9.17) is 11.0 Å². The maximum absolute atomic E-state index is 12.5. The van der Waals surface area contributed by atoms with Crippen LogP contribution < -0.4 is 5.73 Å². The molecule has 0 aromatic rings. The zero-order chi connectivity index (χ0) is 12.9. The number of fused-ring (bicyclic) bond motifs is 1. The summed E-state index contributed by atoms with van der Waals surface area (Å²) < 4.78 is 0. The van der Waals surface area contributed by atoms with Gasteiger partial charge in [0.05, 0.1) is 18.7 Å². The van der Waals surface area contributed by atoms with Crippen molar-refractivity contribution in [2.45, 2.75) is 50.2 Å². The molecule has 1 saturated heterocycles. The van der Waals surface area contributed by atoms with Crippen molar-refractivity contribution in [3.63, 3.8) is 0 Å². The fourth-order valence-corrected chi connectivity index (χ4v) is 3.51. The Morgan fingerprint density at radius 2 is 2.28 bits per heavy atom. The van der Waals surface area contributed by atoms with Gasteiger partial charge in [-0.15, -0.1) is 0 Å². The van der Waals surface area contributed by atoms with Gasteiger partial charge in [0.15, 0.2) is 0 Å². The number of hydrogen-bond acceptors (Lipinski definition) is 4. The molecule has 3 N–H and O–H groups in total. The molecule has 0 aromatic heterocycles. The molecule has 4 atom stereocenters. The fourth-order valence-electron chi connectivity index (χ4n) is 3.51. The number of likely N-dealkylation sites (tertiary alicyclic amines) is 1. The Kier molecular flexibility index (Phi) is 2.61. The minimum absolute atomic E-state index is 0.0287. The van der Waals surface area contributed by atoms with Gasteiger partial charge in [-0.3, -0.25) is 4.79 Å². The summed E-state index contributed by atoms with van der Waals surface area (Å²) in [7, 11) is 0. The first-order chi connectivity index (χ1) is 8.63. The molecule has 18 heavy (non-hydrogen) atoms. The highest BCUT2D eigenvalue weighted by Crippen LogP contribution is 2.49. The summed E-state index contributed by atoms with van der Waals surface area (Å²) in [5.74, 6) is 0.387. The molecule has 98 valence electrons. The lowest BCUT2D eigenvalue weighted by Crippen LogP contribution is -2.59. The van der Waals surface area contributed by atoms with Crippen molar-refractivity contribution in [1.82, 2.24) is 4.90 Å². The third kappa shape index (κ3) is 1.49. The number of nitriles is 1. The van der Waals surface area contributed by atoms with Gasteiger partial charge in [0.25, 0.3) is 0 Å². The number of rotatable bonds is 3. The number of carbonyl (C=O) groups is 1. The first-order valence-corrected chi connectivity index (χ1v) is 6.71. The number of hydrogen-bond donors (Lipinski definition) is 2. The molecule has 0 spiro atoms. The summed E-state index contributed by atoms with van der Waals surface area (Å²) >= 11 is 0. The van der Waals surface area contributed by atoms with Gasteiger partial charge in [-0.2, -0.15) is 5.26 Å². The summed E-state index contributed by atoms with van der Waals surface area (Å²) in [6.45, 7) is -0.0287. The number of aliphatic hydroxyl groups excluding tert-OH is 1. The van der Waals surface area contributed by atoms with E-state index >= 15 is 0 Å². The third-order valence-corrected chi connectivity index (χ3v) is 5.10. The monoisotopic (exact) mass is 249 g/mol. The second kappa shape index (κ2) is 3.94. The SMILES string of the molecule is N#C[C@@H]1CC2CC2N1C(=O)[C@@H](N)C1(CO)CCC1. The highest BCUT2D eigenvalue weighted by Gasteiger charge is 2.57. The maximum atomic E-state index is 12.5. The van der Waals surface area contributed by atoms with Crippen LogP contribution in [0, 0.1) is 22.7 Å². The van der Waals surface area contributed by atoms with Crippen LogP contribution in [0.15, 0.2) is 0 Å². The van der Waals surface area contributed by atoms with Crippen molar-refractivity contribution in [3.05, 3.63) is 0 Å². The molecular formula is C13H19N3O2. The molecule has 2 aliphatic carbocycles. The van der Waals surface area contributed by atoms with Crippen molar-refractivity contribution < 1.29 is 9.90 Å². The van der Waals surface area contributed by atoms with Crippen LogP contribution >= 0.6 is 0 Å². The van der Waals surface area contributed by atoms with Crippen LogP contribution in [0.2, 0.25) is 0 Å². The smallest absolute Gasteiger partial charge is 0.241 e. The summed E-state index contributed by atoms with van der Waals surface area (Å²) in [5.41, 5.74) is 5.66. The lowest BCUT2D eigenvalue weighted by molar-refractivity contribution is -0.140. The number of nitrogens with zero attached hydrogens (tertiary/aromatic N) is 2. The quantitative estimate of drug-likeness (QED) is 0.736. The van der Waals surface area contributed by atoms with Gasteiger partial charge < -0.3 is 15.7 Å². The van der Waals surface area contributed by atoms with Gasteiger partial charge in [-0.1, -0.05) is 6.42 Å². The molecule has 3 fully saturated rings. The van der Waals surface area contributed by atoms with E-state index in [2.05, 4.69) is 6.07 Å². The second-order valence-electron chi connectivity index (χ2n) is 6.04. The Balaban J connectivity index is 1.76. The molecule has 2 saturated carbocycles. The highest BCUT2D eigenvalue weighted by molar-refractivity contribution is 5.84. The molecule has 0 aromatic carbocycles. The number of amides is 1. The number of aliphatic hydroxyl groups is 1. The van der Waals surface area contributed by atoms with Gasteiger partial charge in [0.1, 0.15) is 6.04 Å². The third-order valence-electron chi connectivity index (χ3n) is 5.10. The average molecular weight is 249 g/mol. The van der Waals surface area contributed by atoms with Crippen LogP contribution in [0.4, 0.5) is 0 Å². The number of carbonyl (C=O) groups excluding carboxylic acids is 1. The fraction of sp³-hybridized carbons (Fsp3) is 0.846. The standard InChI is InChI=1S/C13H19N3O2/c14-6-9-4-8-5-10(8)16(9)12(18)11(15)13(7-17)2-1-3-13/h8-11,17H,1-5,7,15H2/t8?,9-,10?,11+/m0/s1. The van der Waals surface area contributed by atoms with E-state index < -0.39 is 11.5 Å². The molecule has 1 aliphatic heterocycles. The van der Waals surface area contributed by atoms with E-state index in [1.807, 2.05) is 0 Å². The zero-order valence-electron chi connectivity index (χ0n) is 10.4. The van der Waals surface area contributed by atoms with Gasteiger partial charge in [-0.25, -0.2) is 0 Å². The van der Waals surface area contributed by atoms with Crippen molar-refractivity contribution in [1.29, 1.82) is 5.26 Å². The van der Waals surface area contributed by atoms with E-state index in [9.17, 15) is 9.90 Å². The molecule has 5 nitrogen and oxygen atoms in total. The largest absolute Gasteiger partial charge is 0.396 e. The van der Waals surface area contributed by atoms with Crippen molar-refractivity contribution in [2.24, 2.45) is 17.1 Å². The Morgan fingerprint density at radius 1 is 1.56 bits per heavy atom. The molecule has 0 bridgehead atoms. The van der Waals surface area contributed by atoms with Crippen molar-refractivity contribution >= 4 is 5.91 Å². The molecule has 1 amide bonds. The Bertz CT molecular complexity index is 407. The van der Waals surface area contributed by atoms with Gasteiger partial charge in [-0.05, 0) is 31.6 Å². The molecule has 5 heteroatoms. The molecule has 1 heterocycles. The van der Waals surface area contributed by atoms with Crippen LogP contribution in [-0.2, 0) is 4.79 Å². The maximum Gasteiger partial charge on any atom is 0.241 e. The Labute approximate surface area is 107 Å².